The summed E-state index contributed by atoms with van der Waals surface area (Å²) in [6, 6.07) is 3.92. The van der Waals surface area contributed by atoms with E-state index < -0.39 is 0 Å². The largest absolute Gasteiger partial charge is 0.494 e. The second-order valence-electron chi connectivity index (χ2n) is 9.04. The predicted molar refractivity (Wildman–Crippen MR) is 139 cm³/mol. The number of thiophene rings is 1. The number of carbonyl (C=O) groups is 1. The van der Waals surface area contributed by atoms with Crippen LogP contribution in [-0.4, -0.2) is 61.2 Å². The van der Waals surface area contributed by atoms with Crippen LogP contribution in [0.2, 0.25) is 0 Å². The van der Waals surface area contributed by atoms with E-state index in [-0.39, 0.29) is 11.8 Å². The third-order valence-corrected chi connectivity index (χ3v) is 8.00. The molecule has 4 aromatic heterocycles. The number of benzene rings is 1. The molecule has 2 N–H and O–H groups in total. The number of aromatic nitrogens is 6. The number of methoxy groups -OCH3 is 1. The van der Waals surface area contributed by atoms with Crippen molar-refractivity contribution in [2.75, 3.05) is 26.0 Å². The lowest BCUT2D eigenvalue weighted by Gasteiger charge is -2.27. The second kappa shape index (κ2) is 9.23. The Labute approximate surface area is 211 Å². The van der Waals surface area contributed by atoms with Gasteiger partial charge in [0.2, 0.25) is 5.91 Å². The quantitative estimate of drug-likeness (QED) is 0.348. The van der Waals surface area contributed by atoms with E-state index in [0.717, 1.165) is 58.4 Å². The number of anilines is 2. The first-order chi connectivity index (χ1) is 17.6. The highest BCUT2D eigenvalue weighted by Gasteiger charge is 2.30. The Balaban J connectivity index is 1.24. The summed E-state index contributed by atoms with van der Waals surface area (Å²) in [5.41, 5.74) is 2.96. The highest BCUT2D eigenvalue weighted by Crippen LogP contribution is 2.41. The first-order valence-corrected chi connectivity index (χ1v) is 12.7. The van der Waals surface area contributed by atoms with Crippen LogP contribution in [0.5, 0.6) is 5.75 Å². The molecule has 0 spiro atoms. The fourth-order valence-corrected chi connectivity index (χ4v) is 6.15. The first kappa shape index (κ1) is 22.5. The van der Waals surface area contributed by atoms with Crippen LogP contribution in [0.3, 0.4) is 0 Å². The van der Waals surface area contributed by atoms with Gasteiger partial charge in [-0.2, -0.15) is 5.10 Å². The first-order valence-electron chi connectivity index (χ1n) is 11.8. The number of rotatable bonds is 7. The van der Waals surface area contributed by atoms with Crippen LogP contribution in [0, 0.1) is 5.92 Å². The number of aryl methyl sites for hydroxylation is 1. The summed E-state index contributed by atoms with van der Waals surface area (Å²) < 4.78 is 7.60. The Hall–Kier alpha value is -3.99. The zero-order valence-electron chi connectivity index (χ0n) is 20.1. The lowest BCUT2D eigenvalue weighted by Crippen LogP contribution is -2.37. The van der Waals surface area contributed by atoms with E-state index >= 15 is 0 Å². The molecule has 1 atom stereocenters. The molecule has 184 valence electrons. The number of nitrogens with zero attached hydrogens (tertiary/aromatic N) is 6. The molecule has 11 heteroatoms. The number of H-pyrrole nitrogens is 1. The van der Waals surface area contributed by atoms with Gasteiger partial charge in [-0.05, 0) is 30.9 Å². The van der Waals surface area contributed by atoms with Crippen LogP contribution in [0.4, 0.5) is 11.5 Å². The second-order valence-corrected chi connectivity index (χ2v) is 10.1. The summed E-state index contributed by atoms with van der Waals surface area (Å²) in [7, 11) is 3.53. The van der Waals surface area contributed by atoms with Gasteiger partial charge >= 0.3 is 0 Å². The minimum absolute atomic E-state index is 0.0219. The molecule has 0 saturated heterocycles. The van der Waals surface area contributed by atoms with E-state index in [9.17, 15) is 4.79 Å². The molecule has 1 unspecified atom stereocenters. The Morgan fingerprint density at radius 3 is 3.11 bits per heavy atom. The molecule has 36 heavy (non-hydrogen) atoms. The van der Waals surface area contributed by atoms with Crippen LogP contribution in [-0.2, 0) is 24.2 Å². The smallest absolute Gasteiger partial charge is 0.225 e. The average molecular weight is 503 g/mol. The molecule has 6 rings (SSSR count). The molecular weight excluding hydrogens is 476 g/mol. The maximum atomic E-state index is 13.2. The number of amides is 1. The van der Waals surface area contributed by atoms with E-state index in [1.165, 1.54) is 10.4 Å². The van der Waals surface area contributed by atoms with Gasteiger partial charge in [0, 0.05) is 54.8 Å². The van der Waals surface area contributed by atoms with E-state index in [1.807, 2.05) is 34.8 Å². The lowest BCUT2D eigenvalue weighted by molar-refractivity contribution is -0.134. The van der Waals surface area contributed by atoms with Crippen LogP contribution >= 0.6 is 11.3 Å². The number of nitrogens with one attached hydrogen (secondary N) is 2. The van der Waals surface area contributed by atoms with Gasteiger partial charge in [-0.15, -0.1) is 11.3 Å². The molecular formula is C25H26N8O2S. The van der Waals surface area contributed by atoms with Crippen molar-refractivity contribution in [3.8, 4) is 5.75 Å². The molecule has 4 heterocycles. The zero-order chi connectivity index (χ0) is 24.6. The van der Waals surface area contributed by atoms with E-state index in [4.69, 9.17) is 4.74 Å². The standard InChI is InChI=1S/C25H26N8O2S/c1-32(7-8-33-6-5-26-14-33)25(34)15-3-4-17-21(10-15)36-24-22(17)23(27-13-28-24)30-19-9-16-12-29-31-18(16)11-20(19)35-2/h5-6,9,11-15H,3-4,7-8,10H2,1-2H3,(H,29,31)(H,27,28,30). The summed E-state index contributed by atoms with van der Waals surface area (Å²) >= 11 is 1.66. The number of hydrogen-bond acceptors (Lipinski definition) is 8. The summed E-state index contributed by atoms with van der Waals surface area (Å²) in [6.45, 7) is 1.40. The SMILES string of the molecule is COc1cc2[nH]ncc2cc1Nc1ncnc2sc3c(c12)CCC(C(=O)N(C)CCn1ccnc1)C3. The van der Waals surface area contributed by atoms with Gasteiger partial charge in [-0.1, -0.05) is 0 Å². The molecule has 1 aliphatic carbocycles. The zero-order valence-corrected chi connectivity index (χ0v) is 20.9. The Morgan fingerprint density at radius 1 is 1.36 bits per heavy atom. The third kappa shape index (κ3) is 4.05. The van der Waals surface area contributed by atoms with E-state index in [0.29, 0.717) is 12.3 Å². The molecule has 0 radical (unpaired) electrons. The minimum Gasteiger partial charge on any atom is -0.494 e. The van der Waals surface area contributed by atoms with Crippen molar-refractivity contribution in [3.63, 3.8) is 0 Å². The normalized spacial score (nSPS) is 15.2. The highest BCUT2D eigenvalue weighted by atomic mass is 32.1. The highest BCUT2D eigenvalue weighted by molar-refractivity contribution is 7.19. The van der Waals surface area contributed by atoms with Crippen molar-refractivity contribution >= 4 is 49.9 Å². The molecule has 1 aliphatic rings. The molecule has 1 aromatic carbocycles. The van der Waals surface area contributed by atoms with Gasteiger partial charge < -0.3 is 19.5 Å². The Bertz CT molecular complexity index is 1540. The number of fused-ring (bicyclic) bond motifs is 4. The molecule has 0 bridgehead atoms. The lowest BCUT2D eigenvalue weighted by atomic mass is 9.87. The van der Waals surface area contributed by atoms with Gasteiger partial charge in [0.1, 0.15) is 22.7 Å². The molecule has 0 fully saturated rings. The topological polar surface area (TPSA) is 114 Å². The van der Waals surface area contributed by atoms with Crippen molar-refractivity contribution in [1.29, 1.82) is 0 Å². The maximum absolute atomic E-state index is 13.2. The van der Waals surface area contributed by atoms with Crippen molar-refractivity contribution in [2.24, 2.45) is 5.92 Å². The number of aromatic amines is 1. The molecule has 5 aromatic rings. The number of imidazole rings is 1. The van der Waals surface area contributed by atoms with Crippen molar-refractivity contribution in [3.05, 3.63) is 53.8 Å². The molecule has 0 saturated carbocycles. The molecule has 10 nitrogen and oxygen atoms in total. The number of likely N-dealkylation sites (N-methyl/N-ethyl adjacent to an activating group) is 1. The molecule has 0 aliphatic heterocycles. The fraction of sp³-hybridized carbons (Fsp3) is 0.320. The Morgan fingerprint density at radius 2 is 2.28 bits per heavy atom. The van der Waals surface area contributed by atoms with E-state index in [1.54, 1.807) is 43.5 Å². The van der Waals surface area contributed by atoms with E-state index in [2.05, 4.69) is 30.5 Å². The van der Waals surface area contributed by atoms with Gasteiger partial charge in [-0.25, -0.2) is 15.0 Å². The van der Waals surface area contributed by atoms with Crippen LogP contribution < -0.4 is 10.1 Å². The Kier molecular flexibility index (Phi) is 5.76. The summed E-state index contributed by atoms with van der Waals surface area (Å²) in [6.07, 6.45) is 11.2. The van der Waals surface area contributed by atoms with Crippen LogP contribution in [0.15, 0.2) is 43.4 Å². The summed E-state index contributed by atoms with van der Waals surface area (Å²) in [5.74, 6) is 1.62. The summed E-state index contributed by atoms with van der Waals surface area (Å²) in [5, 5.41) is 12.6. The van der Waals surface area contributed by atoms with Gasteiger partial charge in [0.05, 0.1) is 36.2 Å². The van der Waals surface area contributed by atoms with Crippen molar-refractivity contribution < 1.29 is 9.53 Å². The van der Waals surface area contributed by atoms with Crippen molar-refractivity contribution in [1.82, 2.24) is 34.6 Å². The predicted octanol–water partition coefficient (Wildman–Crippen LogP) is 3.78. The number of hydrogen-bond donors (Lipinski definition) is 2. The van der Waals surface area contributed by atoms with Crippen molar-refractivity contribution in [2.45, 2.75) is 25.8 Å². The van der Waals surface area contributed by atoms with Gasteiger partial charge in [-0.3, -0.25) is 9.89 Å². The number of ether oxygens (including phenoxy) is 1. The summed E-state index contributed by atoms with van der Waals surface area (Å²) in [4.78, 5) is 30.4. The van der Waals surface area contributed by atoms with Gasteiger partial charge in [0.15, 0.2) is 0 Å². The minimum atomic E-state index is -0.0219. The van der Waals surface area contributed by atoms with Crippen LogP contribution in [0.1, 0.15) is 16.9 Å². The monoisotopic (exact) mass is 502 g/mol. The third-order valence-electron chi connectivity index (χ3n) is 6.84. The number of carbonyl (C=O) groups excluding carboxylic acids is 1. The average Bonchev–Trinajstić information content (AvgIpc) is 3.65. The fourth-order valence-electron chi connectivity index (χ4n) is 4.89. The molecule has 1 amide bonds. The maximum Gasteiger partial charge on any atom is 0.225 e. The van der Waals surface area contributed by atoms with Crippen LogP contribution in [0.25, 0.3) is 21.1 Å². The van der Waals surface area contributed by atoms with Gasteiger partial charge in [0.25, 0.3) is 0 Å².